The van der Waals surface area contributed by atoms with E-state index in [0.29, 0.717) is 157 Å². The monoisotopic (exact) mass is 1610 g/mol. The van der Waals surface area contributed by atoms with Crippen LogP contribution in [0.15, 0.2) is 220 Å². The summed E-state index contributed by atoms with van der Waals surface area (Å²) < 4.78 is 27.1. The molecule has 6 aliphatic heterocycles. The van der Waals surface area contributed by atoms with Crippen molar-refractivity contribution in [2.45, 2.75) is 87.7 Å². The van der Waals surface area contributed by atoms with E-state index in [2.05, 4.69) is 68.3 Å². The number of benzene rings is 7. The fraction of sp³-hybridized carbons (Fsp3) is 0.266. The first-order chi connectivity index (χ1) is 58.4. The molecule has 26 heteroatoms. The van der Waals surface area contributed by atoms with Crippen LogP contribution in [0.5, 0.6) is 0 Å². The Morgan fingerprint density at radius 2 is 0.817 bits per heavy atom. The van der Waals surface area contributed by atoms with Crippen molar-refractivity contribution < 1.29 is 61.1 Å². The standard InChI is InChI=1S/C35H31N3O5.C30H29N3O5.C29H27N7O3/c1-42-34(41)27-9-5-8-26(21-27)32(39)38-23-35(29-20-25(22-36)11-14-30(29)38)16-18-37(19-17-35)33(40)31-15-13-28(43-31)12-10-24-6-3-2-4-7-24;1-2-37-29(36)28(35)33-20-30(24-18-22(19-31)9-12-25(24)33)14-16-32(17-15-30)27(34)26-13-11-23(38-26)10-8-21-6-4-3-5-7-21;30-18-21-7-10-24-23(16-21)29(19-36(24)27(37)17-26-31-33-34-32-26)12-14-35(15-13-29)28(38)25-11-9-22(39-25)8-6-20-4-2-1-3-5-20/h2-9,11,13-15,20-21H,16-19,22-23,36H2,1H3;3-7,9,11-13,18H,2,14-17,19-20,31H2,1H3;1-5,7,9-11,16H,12-15,17-19,30H2,(H,31,32,33,34). The lowest BCUT2D eigenvalue weighted by atomic mass is 9.74. The number of aromatic nitrogens is 4. The number of carbonyl (C=O) groups is 8. The van der Waals surface area contributed by atoms with E-state index in [9.17, 15) is 38.4 Å². The molecule has 3 fully saturated rings. The largest absolute Gasteiger partial charge is 0.465 e. The predicted molar refractivity (Wildman–Crippen MR) is 446 cm³/mol. The molecule has 11 aromatic rings. The highest BCUT2D eigenvalue weighted by Gasteiger charge is 2.51. The lowest BCUT2D eigenvalue weighted by Gasteiger charge is -2.39. The van der Waals surface area contributed by atoms with Gasteiger partial charge in [0.15, 0.2) is 40.4 Å². The average Bonchev–Trinajstić information content (AvgIpc) is 1.59. The van der Waals surface area contributed by atoms with Gasteiger partial charge in [-0.05, 0) is 206 Å². The quantitative estimate of drug-likeness (QED) is 0.0531. The number of piperidine rings is 3. The van der Waals surface area contributed by atoms with E-state index < -0.39 is 17.8 Å². The first-order valence-electron chi connectivity index (χ1n) is 39.8. The van der Waals surface area contributed by atoms with Crippen molar-refractivity contribution in [3.05, 3.63) is 308 Å². The minimum absolute atomic E-state index is 0.0588. The third-order valence-corrected chi connectivity index (χ3v) is 23.1. The zero-order valence-corrected chi connectivity index (χ0v) is 66.3. The fourth-order valence-corrected chi connectivity index (χ4v) is 16.6. The van der Waals surface area contributed by atoms with Gasteiger partial charge in [-0.1, -0.05) is 120 Å². The number of H-pyrrole nitrogens is 1. The Morgan fingerprint density at radius 3 is 1.20 bits per heavy atom. The van der Waals surface area contributed by atoms with E-state index in [-0.39, 0.29) is 76.1 Å². The fourth-order valence-electron chi connectivity index (χ4n) is 16.6. The summed E-state index contributed by atoms with van der Waals surface area (Å²) in [7, 11) is 1.31. The lowest BCUT2D eigenvalue weighted by molar-refractivity contribution is -0.153. The van der Waals surface area contributed by atoms with Crippen LogP contribution in [0.2, 0.25) is 0 Å². The third-order valence-electron chi connectivity index (χ3n) is 23.1. The smallest absolute Gasteiger partial charge is 0.397 e. The zero-order valence-electron chi connectivity index (χ0n) is 66.3. The number of tetrazole rings is 1. The second-order valence-electron chi connectivity index (χ2n) is 30.3. The van der Waals surface area contributed by atoms with Crippen LogP contribution in [-0.2, 0) is 66.2 Å². The van der Waals surface area contributed by atoms with Crippen LogP contribution < -0.4 is 31.9 Å². The molecule has 606 valence electrons. The van der Waals surface area contributed by atoms with Crippen molar-refractivity contribution in [1.82, 2.24) is 35.3 Å². The van der Waals surface area contributed by atoms with Gasteiger partial charge in [-0.25, -0.2) is 9.59 Å². The Kier molecular flexibility index (Phi) is 24.1. The first-order valence-corrected chi connectivity index (χ1v) is 39.8. The van der Waals surface area contributed by atoms with Crippen molar-refractivity contribution in [2.75, 3.05) is 87.3 Å². The lowest BCUT2D eigenvalue weighted by Crippen LogP contribution is -2.48. The molecule has 7 aromatic carbocycles. The van der Waals surface area contributed by atoms with Gasteiger partial charge >= 0.3 is 17.8 Å². The molecule has 0 unspecified atom stereocenters. The van der Waals surface area contributed by atoms with Crippen molar-refractivity contribution in [3.63, 3.8) is 0 Å². The molecule has 4 aromatic heterocycles. The average molecular weight is 1610 g/mol. The molecule has 3 spiro atoms. The summed E-state index contributed by atoms with van der Waals surface area (Å²) >= 11 is 0. The molecule has 17 rings (SSSR count). The maximum atomic E-state index is 13.8. The Bertz CT molecular complexity index is 5880. The number of rotatable bonds is 11. The van der Waals surface area contributed by atoms with Gasteiger partial charge in [0.05, 0.1) is 25.7 Å². The predicted octanol–water partition coefficient (Wildman–Crippen LogP) is 10.4. The van der Waals surface area contributed by atoms with Gasteiger partial charge < -0.3 is 69.3 Å². The number of methoxy groups -OCH3 is 1. The summed E-state index contributed by atoms with van der Waals surface area (Å²) in [6.07, 6.45) is 4.10. The summed E-state index contributed by atoms with van der Waals surface area (Å²) in [5.74, 6) is 17.7. The minimum Gasteiger partial charge on any atom is -0.465 e. The molecule has 0 radical (unpaired) electrons. The molecule has 0 atom stereocenters. The molecule has 0 aliphatic carbocycles. The number of hydrogen-bond acceptors (Lipinski definition) is 19. The van der Waals surface area contributed by atoms with E-state index in [4.69, 9.17) is 39.9 Å². The van der Waals surface area contributed by atoms with Gasteiger partial charge in [-0.2, -0.15) is 5.21 Å². The van der Waals surface area contributed by atoms with Crippen LogP contribution in [0.3, 0.4) is 0 Å². The Labute approximate surface area is 692 Å². The summed E-state index contributed by atoms with van der Waals surface area (Å²) in [6, 6.07) is 63.3. The summed E-state index contributed by atoms with van der Waals surface area (Å²) in [5.41, 5.74) is 28.7. The number of furan rings is 3. The maximum absolute atomic E-state index is 13.8. The van der Waals surface area contributed by atoms with Gasteiger partial charge in [0.2, 0.25) is 5.91 Å². The van der Waals surface area contributed by atoms with Crippen LogP contribution in [-0.4, -0.2) is 155 Å². The molecule has 120 heavy (non-hydrogen) atoms. The molecule has 7 N–H and O–H groups in total. The SMILES string of the molecule is CCOC(=O)C(=O)N1CC2(CCN(C(=O)c3ccc(C#Cc4ccccc4)o3)CC2)c2cc(CN)ccc21.COC(=O)c1cccc(C(=O)N2CC3(CCN(C(=O)c4ccc(C#Cc5ccccc5)o4)CC3)c3cc(CN)ccc32)c1.NCc1ccc2c(c1)C1(CCN(C(=O)c3ccc(C#Cc4ccccc4)o3)CC1)CN2C(=O)Cc1nn[nH]n1. The van der Waals surface area contributed by atoms with Gasteiger partial charge in [0.25, 0.3) is 23.6 Å². The van der Waals surface area contributed by atoms with Gasteiger partial charge in [-0.15, -0.1) is 10.2 Å². The second kappa shape index (κ2) is 35.7. The van der Waals surface area contributed by atoms with Crippen molar-refractivity contribution in [3.8, 4) is 35.5 Å². The van der Waals surface area contributed by atoms with E-state index in [1.165, 1.54) is 12.0 Å². The van der Waals surface area contributed by atoms with E-state index in [1.54, 1.807) is 82.3 Å². The van der Waals surface area contributed by atoms with Crippen molar-refractivity contribution in [1.29, 1.82) is 0 Å². The number of carbonyl (C=O) groups excluding carboxylic acids is 8. The first kappa shape index (κ1) is 80.9. The molecule has 6 amide bonds. The van der Waals surface area contributed by atoms with Crippen LogP contribution in [0.1, 0.15) is 171 Å². The molecule has 3 saturated heterocycles. The van der Waals surface area contributed by atoms with E-state index in [1.807, 2.05) is 143 Å². The number of amides is 6. The highest BCUT2D eigenvalue weighted by atomic mass is 16.5. The molecule has 0 saturated carbocycles. The molecule has 0 bridgehead atoms. The summed E-state index contributed by atoms with van der Waals surface area (Å²) in [4.78, 5) is 115. The second-order valence-corrected chi connectivity index (χ2v) is 30.3. The normalized spacial score (nSPS) is 15.4. The van der Waals surface area contributed by atoms with Gasteiger partial charge in [0.1, 0.15) is 0 Å². The van der Waals surface area contributed by atoms with Crippen LogP contribution in [0.4, 0.5) is 17.1 Å². The molecule has 26 nitrogen and oxygen atoms in total. The Balaban J connectivity index is 0.000000141. The number of aromatic amines is 1. The summed E-state index contributed by atoms with van der Waals surface area (Å²) in [5, 5.41) is 13.8. The number of anilines is 3. The molecular formula is C94H87N13O13. The number of nitrogens with one attached hydrogen (secondary N) is 1. The topological polar surface area (TPSA) is 346 Å². The number of hydrogen-bond donors (Lipinski definition) is 4. The van der Waals surface area contributed by atoms with E-state index >= 15 is 0 Å². The molecule has 6 aliphatic rings. The Morgan fingerprint density at radius 1 is 0.433 bits per heavy atom. The van der Waals surface area contributed by atoms with Crippen LogP contribution in [0, 0.1) is 35.5 Å². The number of likely N-dealkylation sites (tertiary alicyclic amines) is 3. The number of fused-ring (bicyclic) bond motifs is 6. The highest BCUT2D eigenvalue weighted by Crippen LogP contribution is 2.51. The highest BCUT2D eigenvalue weighted by molar-refractivity contribution is 6.38. The number of nitrogens with zero attached hydrogens (tertiary/aromatic N) is 9. The molecule has 10 heterocycles. The Hall–Kier alpha value is -14.2. The number of ether oxygens (including phenoxy) is 2. The van der Waals surface area contributed by atoms with Gasteiger partial charge in [-0.3, -0.25) is 28.8 Å². The molecular weight excluding hydrogens is 1520 g/mol. The zero-order chi connectivity index (χ0) is 83.5. The van der Waals surface area contributed by atoms with E-state index in [0.717, 1.165) is 61.4 Å². The maximum Gasteiger partial charge on any atom is 0.397 e. The van der Waals surface area contributed by atoms with Crippen molar-refractivity contribution >= 4 is 64.4 Å². The van der Waals surface area contributed by atoms with Crippen LogP contribution >= 0.6 is 0 Å². The third kappa shape index (κ3) is 17.3. The minimum atomic E-state index is -0.866. The van der Waals surface area contributed by atoms with Crippen LogP contribution in [0.25, 0.3) is 0 Å². The van der Waals surface area contributed by atoms with Crippen molar-refractivity contribution in [2.24, 2.45) is 17.2 Å². The van der Waals surface area contributed by atoms with Gasteiger partial charge in [0, 0.05) is 134 Å². The number of esters is 2. The summed E-state index contributed by atoms with van der Waals surface area (Å²) in [6.45, 7) is 7.42. The number of nitrogens with two attached hydrogens (primary N) is 3.